The first-order valence-electron chi connectivity index (χ1n) is 8.43. The van der Waals surface area contributed by atoms with Gasteiger partial charge in [-0.15, -0.1) is 0 Å². The Morgan fingerprint density at radius 3 is 2.48 bits per heavy atom. The average molecular weight is 373 g/mol. The number of aryl methyl sites for hydroxylation is 1. The van der Waals surface area contributed by atoms with Crippen molar-refractivity contribution in [2.75, 3.05) is 7.11 Å². The molecule has 3 rings (SSSR count). The van der Waals surface area contributed by atoms with E-state index in [-0.39, 0.29) is 5.78 Å². The molecule has 0 N–H and O–H groups in total. The molecule has 0 spiro atoms. The highest BCUT2D eigenvalue weighted by molar-refractivity contribution is 5.97. The normalized spacial score (nSPS) is 13.4. The molecule has 1 saturated carbocycles. The minimum absolute atomic E-state index is 0.353. The number of nitro groups is 1. The Kier molecular flexibility index (Phi) is 4.69. The summed E-state index contributed by atoms with van der Waals surface area (Å²) in [4.78, 5) is 47.4. The van der Waals surface area contributed by atoms with Crippen molar-refractivity contribution < 1.29 is 19.2 Å². The molecule has 2 aromatic rings. The molecule has 0 amide bonds. The van der Waals surface area contributed by atoms with Crippen LogP contribution < -0.4 is 5.56 Å². The highest BCUT2D eigenvalue weighted by atomic mass is 16.6. The second kappa shape index (κ2) is 6.82. The summed E-state index contributed by atoms with van der Waals surface area (Å²) in [5.41, 5.74) is 0.482. The first kappa shape index (κ1) is 18.6. The van der Waals surface area contributed by atoms with Gasteiger partial charge in [0, 0.05) is 29.1 Å². The van der Waals surface area contributed by atoms with E-state index >= 15 is 0 Å². The van der Waals surface area contributed by atoms with E-state index in [0.29, 0.717) is 11.6 Å². The van der Waals surface area contributed by atoms with Crippen molar-refractivity contribution in [1.29, 1.82) is 0 Å². The van der Waals surface area contributed by atoms with Crippen LogP contribution in [-0.4, -0.2) is 32.9 Å². The zero-order valence-electron chi connectivity index (χ0n) is 15.2. The predicted molar refractivity (Wildman–Crippen MR) is 95.2 cm³/mol. The molecular formula is C18H19N3O6. The van der Waals surface area contributed by atoms with Crippen molar-refractivity contribution in [2.24, 2.45) is 0 Å². The van der Waals surface area contributed by atoms with Crippen molar-refractivity contribution in [3.63, 3.8) is 0 Å². The number of carbonyl (C=O) groups is 2. The molecule has 1 fully saturated rings. The fraction of sp³-hybridized carbons (Fsp3) is 0.389. The van der Waals surface area contributed by atoms with Crippen molar-refractivity contribution in [2.45, 2.75) is 39.3 Å². The predicted octanol–water partition coefficient (Wildman–Crippen LogP) is 2.18. The Morgan fingerprint density at radius 2 is 1.93 bits per heavy atom. The van der Waals surface area contributed by atoms with Gasteiger partial charge in [0.25, 0.3) is 11.2 Å². The second-order valence-electron chi connectivity index (χ2n) is 6.60. The fourth-order valence-corrected chi connectivity index (χ4v) is 3.29. The molecule has 0 radical (unpaired) electrons. The lowest BCUT2D eigenvalue weighted by Gasteiger charge is -2.09. The number of Topliss-reactive ketones (excluding diaryl/α,β-unsaturated/α-hetero) is 1. The lowest BCUT2D eigenvalue weighted by molar-refractivity contribution is -0.385. The van der Waals surface area contributed by atoms with Crippen LogP contribution in [0.1, 0.15) is 51.0 Å². The number of nitrogens with zero attached hydrogens (tertiary/aromatic N) is 3. The van der Waals surface area contributed by atoms with E-state index in [2.05, 4.69) is 9.30 Å². The van der Waals surface area contributed by atoms with E-state index in [1.54, 1.807) is 6.07 Å². The van der Waals surface area contributed by atoms with Crippen LogP contribution in [0.2, 0.25) is 0 Å². The van der Waals surface area contributed by atoms with Crippen LogP contribution in [0.15, 0.2) is 23.1 Å². The van der Waals surface area contributed by atoms with Gasteiger partial charge in [-0.25, -0.2) is 4.79 Å². The summed E-state index contributed by atoms with van der Waals surface area (Å²) < 4.78 is 7.49. The molecule has 0 aliphatic heterocycles. The van der Waals surface area contributed by atoms with Crippen LogP contribution in [0, 0.1) is 24.0 Å². The van der Waals surface area contributed by atoms with Gasteiger partial charge in [0.05, 0.1) is 24.8 Å². The fourth-order valence-electron chi connectivity index (χ4n) is 3.29. The largest absolute Gasteiger partial charge is 0.465 e. The van der Waals surface area contributed by atoms with Crippen molar-refractivity contribution in [1.82, 2.24) is 9.13 Å². The van der Waals surface area contributed by atoms with E-state index in [9.17, 15) is 24.5 Å². The average Bonchev–Trinajstić information content (AvgIpc) is 3.40. The Morgan fingerprint density at radius 1 is 1.26 bits per heavy atom. The Labute approximate surface area is 154 Å². The van der Waals surface area contributed by atoms with Gasteiger partial charge in [-0.1, -0.05) is 0 Å². The molecular weight excluding hydrogens is 354 g/mol. The van der Waals surface area contributed by atoms with Gasteiger partial charge in [0.1, 0.15) is 5.56 Å². The molecule has 0 unspecified atom stereocenters. The van der Waals surface area contributed by atoms with Crippen LogP contribution in [0.3, 0.4) is 0 Å². The van der Waals surface area contributed by atoms with Crippen LogP contribution in [0.4, 0.5) is 5.69 Å². The molecule has 2 aromatic heterocycles. The molecule has 27 heavy (non-hydrogen) atoms. The smallest absolute Gasteiger partial charge is 0.343 e. The van der Waals surface area contributed by atoms with Gasteiger partial charge in [0.2, 0.25) is 0 Å². The van der Waals surface area contributed by atoms with Gasteiger partial charge in [-0.05, 0) is 32.8 Å². The number of carbonyl (C=O) groups excluding carboxylic acids is 2. The van der Waals surface area contributed by atoms with Crippen molar-refractivity contribution >= 4 is 17.4 Å². The molecule has 0 saturated heterocycles. The quantitative estimate of drug-likeness (QED) is 0.332. The summed E-state index contributed by atoms with van der Waals surface area (Å²) in [5.74, 6) is -1.34. The second-order valence-corrected chi connectivity index (χ2v) is 6.60. The maximum Gasteiger partial charge on any atom is 0.343 e. The highest BCUT2D eigenvalue weighted by Crippen LogP contribution is 2.38. The minimum atomic E-state index is -0.989. The summed E-state index contributed by atoms with van der Waals surface area (Å²) in [5, 5.41) is 11.1. The molecule has 9 nitrogen and oxygen atoms in total. The molecule has 1 aliphatic carbocycles. The number of pyridine rings is 1. The van der Waals surface area contributed by atoms with E-state index in [4.69, 9.17) is 0 Å². The molecule has 142 valence electrons. The summed E-state index contributed by atoms with van der Waals surface area (Å²) in [6, 6.07) is 3.02. The summed E-state index contributed by atoms with van der Waals surface area (Å²) in [6.45, 7) is 3.35. The SMILES string of the molecule is COC(=O)c1cc([N+](=O)[O-])cn(CC(=O)c2cc(C)n(C3CC3)c2C)c1=O. The monoisotopic (exact) mass is 373 g/mol. The number of esters is 1. The van der Waals surface area contributed by atoms with Gasteiger partial charge in [0.15, 0.2) is 5.78 Å². The van der Waals surface area contributed by atoms with E-state index < -0.39 is 34.2 Å². The summed E-state index contributed by atoms with van der Waals surface area (Å²) in [6.07, 6.45) is 3.10. The summed E-state index contributed by atoms with van der Waals surface area (Å²) >= 11 is 0. The van der Waals surface area contributed by atoms with Crippen LogP contribution in [0.5, 0.6) is 0 Å². The maximum atomic E-state index is 12.8. The topological polar surface area (TPSA) is 113 Å². The number of aromatic nitrogens is 2. The zero-order valence-corrected chi connectivity index (χ0v) is 15.2. The molecule has 1 aliphatic rings. The number of ketones is 1. The van der Waals surface area contributed by atoms with Crippen LogP contribution in [0.25, 0.3) is 0 Å². The van der Waals surface area contributed by atoms with Crippen molar-refractivity contribution in [3.8, 4) is 0 Å². The van der Waals surface area contributed by atoms with Gasteiger partial charge >= 0.3 is 5.97 Å². The third kappa shape index (κ3) is 3.40. The highest BCUT2D eigenvalue weighted by Gasteiger charge is 2.29. The standard InChI is InChI=1S/C18H19N3O6/c1-10-6-14(11(2)20(10)12-4-5-12)16(22)9-19-8-13(21(25)26)7-15(17(19)23)18(24)27-3/h6-8,12H,4-5,9H2,1-3H3. The lowest BCUT2D eigenvalue weighted by Crippen LogP contribution is -2.29. The number of hydrogen-bond acceptors (Lipinski definition) is 6. The Balaban J connectivity index is 2.00. The first-order valence-corrected chi connectivity index (χ1v) is 8.43. The van der Waals surface area contributed by atoms with Gasteiger partial charge in [-0.3, -0.25) is 19.7 Å². The maximum absolute atomic E-state index is 12.8. The Hall–Kier alpha value is -3.23. The minimum Gasteiger partial charge on any atom is -0.465 e. The molecule has 0 aromatic carbocycles. The van der Waals surface area contributed by atoms with Crippen LogP contribution >= 0.6 is 0 Å². The van der Waals surface area contributed by atoms with Crippen molar-refractivity contribution in [3.05, 3.63) is 61.3 Å². The van der Waals surface area contributed by atoms with E-state index in [1.807, 2.05) is 13.8 Å². The number of methoxy groups -OCH3 is 1. The number of rotatable bonds is 6. The first-order chi connectivity index (χ1) is 12.7. The Bertz CT molecular complexity index is 1010. The number of ether oxygens (including phenoxy) is 1. The lowest BCUT2D eigenvalue weighted by atomic mass is 10.1. The summed E-state index contributed by atoms with van der Waals surface area (Å²) in [7, 11) is 1.07. The molecule has 0 atom stereocenters. The molecule has 9 heteroatoms. The van der Waals surface area contributed by atoms with E-state index in [1.165, 1.54) is 0 Å². The number of hydrogen-bond donors (Lipinski definition) is 0. The molecule has 0 bridgehead atoms. The third-order valence-electron chi connectivity index (χ3n) is 4.70. The van der Waals surface area contributed by atoms with Crippen LogP contribution in [-0.2, 0) is 11.3 Å². The molecule has 2 heterocycles. The van der Waals surface area contributed by atoms with Gasteiger partial charge < -0.3 is 13.9 Å². The third-order valence-corrected chi connectivity index (χ3v) is 4.70. The van der Waals surface area contributed by atoms with Gasteiger partial charge in [-0.2, -0.15) is 0 Å². The zero-order chi connectivity index (χ0) is 19.9. The van der Waals surface area contributed by atoms with E-state index in [0.717, 1.165) is 48.2 Å².